The van der Waals surface area contributed by atoms with Crippen LogP contribution >= 0.6 is 0 Å². The molecule has 0 saturated carbocycles. The number of aromatic carboxylic acids is 1. The van der Waals surface area contributed by atoms with E-state index >= 15 is 0 Å². The van der Waals surface area contributed by atoms with Crippen LogP contribution in [0.25, 0.3) is 0 Å². The zero-order valence-electron chi connectivity index (χ0n) is 19.1. The molecule has 0 aliphatic heterocycles. The fourth-order valence-electron chi connectivity index (χ4n) is 2.37. The third-order valence-corrected chi connectivity index (χ3v) is 3.69. The number of hydrogen-bond donors (Lipinski definition) is 2. The van der Waals surface area contributed by atoms with Crippen LogP contribution in [0.15, 0.2) is 24.4 Å². The quantitative estimate of drug-likeness (QED) is 0.648. The lowest BCUT2D eigenvalue weighted by Gasteiger charge is -2.25. The molecular weight excluding hydrogens is 354 g/mol. The second kappa shape index (κ2) is 15.7. The molecule has 2 N–H and O–H groups in total. The molecular formula is C22H39N3O3. The van der Waals surface area contributed by atoms with Gasteiger partial charge in [0.2, 0.25) is 0 Å². The minimum Gasteiger partial charge on any atom is -0.496 e. The van der Waals surface area contributed by atoms with Gasteiger partial charge in [0.25, 0.3) is 0 Å². The number of carbonyl (C=O) groups is 1. The lowest BCUT2D eigenvalue weighted by molar-refractivity contribution is 0.0690. The van der Waals surface area contributed by atoms with Gasteiger partial charge in [0.15, 0.2) is 5.69 Å². The standard InChI is InChI=1S/C14H22O.C3H3N3O2.C3H8.C2H6/c1-6-9-14(3,4)12-7-8-13(15-5)11(2)10-12;7-3(8)2-1-4-6-5-2;1-3-2;1-2/h7-8,10H,6,9H2,1-5H3;1H,(H,7,8)(H,4,5,6);3H2,1-2H3;1-2H3. The van der Waals surface area contributed by atoms with Crippen LogP contribution in [0, 0.1) is 6.92 Å². The molecule has 0 aliphatic rings. The molecule has 0 amide bonds. The summed E-state index contributed by atoms with van der Waals surface area (Å²) in [6.07, 6.45) is 4.83. The van der Waals surface area contributed by atoms with Gasteiger partial charge in [-0.3, -0.25) is 0 Å². The van der Waals surface area contributed by atoms with Gasteiger partial charge in [-0.25, -0.2) is 4.79 Å². The fraction of sp³-hybridized carbons (Fsp3) is 0.591. The summed E-state index contributed by atoms with van der Waals surface area (Å²) in [4.78, 5) is 9.94. The van der Waals surface area contributed by atoms with Crippen molar-refractivity contribution in [2.75, 3.05) is 7.11 Å². The van der Waals surface area contributed by atoms with Gasteiger partial charge in [-0.05, 0) is 36.0 Å². The van der Waals surface area contributed by atoms with Crippen LogP contribution in [0.1, 0.15) is 89.3 Å². The molecule has 2 rings (SSSR count). The van der Waals surface area contributed by atoms with Gasteiger partial charge in [-0.2, -0.15) is 10.3 Å². The molecule has 28 heavy (non-hydrogen) atoms. The van der Waals surface area contributed by atoms with Crippen molar-refractivity contribution >= 4 is 5.97 Å². The number of H-pyrrole nitrogens is 1. The van der Waals surface area contributed by atoms with Crippen molar-refractivity contribution in [2.45, 2.75) is 80.1 Å². The molecule has 0 aliphatic carbocycles. The highest BCUT2D eigenvalue weighted by Crippen LogP contribution is 2.31. The van der Waals surface area contributed by atoms with Crippen molar-refractivity contribution in [3.05, 3.63) is 41.2 Å². The van der Waals surface area contributed by atoms with E-state index in [4.69, 9.17) is 9.84 Å². The van der Waals surface area contributed by atoms with Crippen molar-refractivity contribution in [3.8, 4) is 5.75 Å². The maximum absolute atomic E-state index is 9.94. The van der Waals surface area contributed by atoms with Crippen LogP contribution in [-0.2, 0) is 5.41 Å². The summed E-state index contributed by atoms with van der Waals surface area (Å²) in [5.41, 5.74) is 2.83. The highest BCUT2D eigenvalue weighted by molar-refractivity contribution is 5.84. The summed E-state index contributed by atoms with van der Waals surface area (Å²) >= 11 is 0. The number of methoxy groups -OCH3 is 1. The molecule has 0 bridgehead atoms. The summed E-state index contributed by atoms with van der Waals surface area (Å²) in [6.45, 7) is 17.2. The smallest absolute Gasteiger partial charge is 0.358 e. The average Bonchev–Trinajstić information content (AvgIpc) is 3.19. The van der Waals surface area contributed by atoms with Gasteiger partial charge in [0.1, 0.15) is 5.75 Å². The number of nitrogens with zero attached hydrogens (tertiary/aromatic N) is 2. The number of carboxylic acid groups (broad SMARTS) is 1. The van der Waals surface area contributed by atoms with Crippen LogP contribution in [-0.4, -0.2) is 33.6 Å². The van der Waals surface area contributed by atoms with Crippen molar-refractivity contribution < 1.29 is 14.6 Å². The van der Waals surface area contributed by atoms with Crippen LogP contribution in [0.5, 0.6) is 5.75 Å². The Morgan fingerprint density at radius 2 is 1.79 bits per heavy atom. The summed E-state index contributed by atoms with van der Waals surface area (Å²) in [5, 5.41) is 16.9. The van der Waals surface area contributed by atoms with Gasteiger partial charge >= 0.3 is 5.97 Å². The maximum Gasteiger partial charge on any atom is 0.358 e. The lowest BCUT2D eigenvalue weighted by atomic mass is 9.80. The molecule has 1 heterocycles. The molecule has 0 unspecified atom stereocenters. The van der Waals surface area contributed by atoms with Crippen molar-refractivity contribution in [3.63, 3.8) is 0 Å². The van der Waals surface area contributed by atoms with Crippen LogP contribution in [0.2, 0.25) is 0 Å². The molecule has 0 saturated heterocycles. The zero-order chi connectivity index (χ0) is 22.2. The second-order valence-corrected chi connectivity index (χ2v) is 6.69. The van der Waals surface area contributed by atoms with E-state index in [1.807, 2.05) is 13.8 Å². The Labute approximate surface area is 170 Å². The molecule has 1 aromatic carbocycles. The topological polar surface area (TPSA) is 88.1 Å². The molecule has 0 radical (unpaired) electrons. The molecule has 160 valence electrons. The Balaban J connectivity index is 0. The van der Waals surface area contributed by atoms with Gasteiger partial charge in [0, 0.05) is 0 Å². The highest BCUT2D eigenvalue weighted by atomic mass is 16.5. The van der Waals surface area contributed by atoms with E-state index in [-0.39, 0.29) is 11.1 Å². The largest absolute Gasteiger partial charge is 0.496 e. The van der Waals surface area contributed by atoms with Crippen molar-refractivity contribution in [1.29, 1.82) is 0 Å². The van der Waals surface area contributed by atoms with Crippen molar-refractivity contribution in [2.24, 2.45) is 0 Å². The number of rotatable bonds is 5. The number of benzene rings is 1. The second-order valence-electron chi connectivity index (χ2n) is 6.69. The van der Waals surface area contributed by atoms with Gasteiger partial charge in [-0.1, -0.05) is 73.4 Å². The number of ether oxygens (including phenoxy) is 1. The molecule has 1 aromatic heterocycles. The third-order valence-electron chi connectivity index (χ3n) is 3.69. The fourth-order valence-corrected chi connectivity index (χ4v) is 2.37. The number of hydrogen-bond acceptors (Lipinski definition) is 4. The van der Waals surface area contributed by atoms with Gasteiger partial charge < -0.3 is 9.84 Å². The summed E-state index contributed by atoms with van der Waals surface area (Å²) < 4.78 is 5.27. The first-order valence-electron chi connectivity index (χ1n) is 9.97. The Bertz CT molecular complexity index is 638. The Morgan fingerprint density at radius 3 is 2.11 bits per heavy atom. The number of nitrogens with one attached hydrogen (secondary N) is 1. The van der Waals surface area contributed by atoms with E-state index in [1.165, 1.54) is 30.4 Å². The Hall–Kier alpha value is -2.37. The van der Waals surface area contributed by atoms with E-state index in [0.29, 0.717) is 0 Å². The van der Waals surface area contributed by atoms with E-state index in [2.05, 4.69) is 75.2 Å². The van der Waals surface area contributed by atoms with Gasteiger partial charge in [-0.15, -0.1) is 5.10 Å². The molecule has 0 spiro atoms. The minimum atomic E-state index is -1.07. The van der Waals surface area contributed by atoms with E-state index in [0.717, 1.165) is 11.9 Å². The molecule has 6 heteroatoms. The van der Waals surface area contributed by atoms with E-state index in [9.17, 15) is 4.79 Å². The van der Waals surface area contributed by atoms with E-state index < -0.39 is 5.97 Å². The first-order valence-corrected chi connectivity index (χ1v) is 9.97. The Morgan fingerprint density at radius 1 is 1.21 bits per heavy atom. The minimum absolute atomic E-state index is 0.0648. The zero-order valence-corrected chi connectivity index (χ0v) is 19.1. The predicted octanol–water partition coefficient (Wildman–Crippen LogP) is 6.03. The van der Waals surface area contributed by atoms with Crippen LogP contribution < -0.4 is 4.74 Å². The number of aromatic nitrogens is 3. The summed E-state index contributed by atoms with van der Waals surface area (Å²) in [6, 6.07) is 6.50. The maximum atomic E-state index is 9.94. The average molecular weight is 394 g/mol. The summed E-state index contributed by atoms with van der Waals surface area (Å²) in [7, 11) is 1.72. The van der Waals surface area contributed by atoms with Crippen molar-refractivity contribution in [1.82, 2.24) is 15.4 Å². The first-order chi connectivity index (χ1) is 13.2. The number of aromatic amines is 1. The SMILES string of the molecule is CC.CCC.CCCC(C)(C)c1ccc(OC)c(C)c1.O=C(O)c1cn[nH]n1. The molecule has 2 aromatic rings. The lowest BCUT2D eigenvalue weighted by Crippen LogP contribution is -2.16. The monoisotopic (exact) mass is 393 g/mol. The Kier molecular flexibility index (Phi) is 15.6. The van der Waals surface area contributed by atoms with Crippen LogP contribution in [0.4, 0.5) is 0 Å². The normalized spacial score (nSPS) is 9.61. The predicted molar refractivity (Wildman–Crippen MR) is 116 cm³/mol. The number of aryl methyl sites for hydroxylation is 1. The van der Waals surface area contributed by atoms with E-state index in [1.54, 1.807) is 7.11 Å². The van der Waals surface area contributed by atoms with Crippen LogP contribution in [0.3, 0.4) is 0 Å². The molecule has 0 atom stereocenters. The summed E-state index contributed by atoms with van der Waals surface area (Å²) in [5.74, 6) is -0.0928. The first kappa shape index (κ1) is 27.8. The third kappa shape index (κ3) is 10.7. The highest BCUT2D eigenvalue weighted by Gasteiger charge is 2.19. The molecule has 6 nitrogen and oxygen atoms in total. The molecule has 0 fully saturated rings. The van der Waals surface area contributed by atoms with Gasteiger partial charge in [0.05, 0.1) is 13.3 Å². The number of carboxylic acids is 1.